The number of carbonyl (C=O) groups is 1. The first kappa shape index (κ1) is 12.1. The maximum Gasteiger partial charge on any atom is 0.323 e. The third-order valence-corrected chi connectivity index (χ3v) is 2.20. The largest absolute Gasteiger partial charge is 0.465 e. The van der Waals surface area contributed by atoms with Crippen LogP contribution < -0.4 is 0 Å². The molecule has 1 aromatic rings. The summed E-state index contributed by atoms with van der Waals surface area (Å²) in [5.41, 5.74) is 1.26. The molecule has 1 atom stereocenters. The van der Waals surface area contributed by atoms with E-state index in [1.54, 1.807) is 6.92 Å². The predicted octanol–water partition coefficient (Wildman–Crippen LogP) is 2.79. The fourth-order valence-corrected chi connectivity index (χ4v) is 1.27. The monoisotopic (exact) mass is 226 g/mol. The maximum atomic E-state index is 11.0. The first-order chi connectivity index (χ1) is 7.20. The van der Waals surface area contributed by atoms with Crippen molar-refractivity contribution in [2.45, 2.75) is 25.1 Å². The Hall–Kier alpha value is -1.02. The summed E-state index contributed by atoms with van der Waals surface area (Å²) < 4.78 is 4.95. The molecule has 2 nitrogen and oxygen atoms in total. The average Bonchev–Trinajstić information content (AvgIpc) is 2.25. The summed E-state index contributed by atoms with van der Waals surface area (Å²) in [5, 5.41) is -0.554. The predicted molar refractivity (Wildman–Crippen MR) is 61.0 cm³/mol. The van der Waals surface area contributed by atoms with Crippen LogP contribution in [-0.2, 0) is 16.0 Å². The highest BCUT2D eigenvalue weighted by atomic mass is 35.5. The number of hydrogen-bond acceptors (Lipinski definition) is 2. The van der Waals surface area contributed by atoms with Gasteiger partial charge >= 0.3 is 5.97 Å². The Balaban J connectivity index is 2.15. The highest BCUT2D eigenvalue weighted by Gasteiger charge is 2.09. The zero-order valence-electron chi connectivity index (χ0n) is 8.78. The molecule has 0 amide bonds. The lowest BCUT2D eigenvalue weighted by atomic mass is 10.1. The molecule has 0 aliphatic rings. The van der Waals surface area contributed by atoms with Crippen LogP contribution in [0.4, 0.5) is 0 Å². The average molecular weight is 227 g/mol. The molecule has 0 unspecified atom stereocenters. The third-order valence-electron chi connectivity index (χ3n) is 2.02. The van der Waals surface area contributed by atoms with Gasteiger partial charge in [-0.05, 0) is 25.3 Å². The SMILES string of the molecule is C[C@@H](Cl)C(=O)OCCCc1ccccc1. The molecule has 0 aromatic heterocycles. The van der Waals surface area contributed by atoms with Crippen molar-refractivity contribution in [1.82, 2.24) is 0 Å². The molecule has 0 saturated heterocycles. The van der Waals surface area contributed by atoms with E-state index in [9.17, 15) is 4.79 Å². The Morgan fingerprint density at radius 1 is 1.40 bits per heavy atom. The van der Waals surface area contributed by atoms with E-state index in [1.165, 1.54) is 5.56 Å². The molecule has 0 aliphatic heterocycles. The minimum atomic E-state index is -0.554. The third kappa shape index (κ3) is 4.84. The molecular formula is C12H15ClO2. The topological polar surface area (TPSA) is 26.3 Å². The Bertz CT molecular complexity index is 296. The fraction of sp³-hybridized carbons (Fsp3) is 0.417. The van der Waals surface area contributed by atoms with Crippen molar-refractivity contribution in [3.8, 4) is 0 Å². The van der Waals surface area contributed by atoms with Crippen LogP contribution in [0, 0.1) is 0 Å². The Morgan fingerprint density at radius 2 is 2.07 bits per heavy atom. The summed E-state index contributed by atoms with van der Waals surface area (Å²) in [5.74, 6) is -0.343. The molecule has 0 radical (unpaired) electrons. The lowest BCUT2D eigenvalue weighted by Crippen LogP contribution is -2.15. The first-order valence-electron chi connectivity index (χ1n) is 5.05. The van der Waals surface area contributed by atoms with E-state index in [2.05, 4.69) is 12.1 Å². The van der Waals surface area contributed by atoms with Gasteiger partial charge in [-0.2, -0.15) is 0 Å². The van der Waals surface area contributed by atoms with Crippen molar-refractivity contribution < 1.29 is 9.53 Å². The van der Waals surface area contributed by atoms with Crippen molar-refractivity contribution >= 4 is 17.6 Å². The molecule has 0 saturated carbocycles. The van der Waals surface area contributed by atoms with Crippen LogP contribution in [0.3, 0.4) is 0 Å². The molecule has 3 heteroatoms. The van der Waals surface area contributed by atoms with Gasteiger partial charge in [0, 0.05) is 0 Å². The number of halogens is 1. The minimum Gasteiger partial charge on any atom is -0.465 e. The van der Waals surface area contributed by atoms with Crippen molar-refractivity contribution in [1.29, 1.82) is 0 Å². The van der Waals surface area contributed by atoms with Gasteiger partial charge < -0.3 is 4.74 Å². The highest BCUT2D eigenvalue weighted by Crippen LogP contribution is 2.03. The number of hydrogen-bond donors (Lipinski definition) is 0. The van der Waals surface area contributed by atoms with E-state index in [4.69, 9.17) is 16.3 Å². The Labute approximate surface area is 95.2 Å². The van der Waals surface area contributed by atoms with Crippen molar-refractivity contribution in [2.75, 3.05) is 6.61 Å². The first-order valence-corrected chi connectivity index (χ1v) is 5.48. The fourth-order valence-electron chi connectivity index (χ4n) is 1.21. The van der Waals surface area contributed by atoms with Gasteiger partial charge in [0.2, 0.25) is 0 Å². The van der Waals surface area contributed by atoms with Gasteiger partial charge in [0.15, 0.2) is 0 Å². The normalized spacial score (nSPS) is 12.1. The zero-order valence-corrected chi connectivity index (χ0v) is 9.54. The van der Waals surface area contributed by atoms with Crippen LogP contribution in [0.2, 0.25) is 0 Å². The second-order valence-corrected chi connectivity index (χ2v) is 4.03. The zero-order chi connectivity index (χ0) is 11.1. The minimum absolute atomic E-state index is 0.343. The summed E-state index contributed by atoms with van der Waals surface area (Å²) in [6.45, 7) is 2.05. The summed E-state index contributed by atoms with van der Waals surface area (Å²) >= 11 is 5.55. The second-order valence-electron chi connectivity index (χ2n) is 3.37. The van der Waals surface area contributed by atoms with Crippen LogP contribution in [0.25, 0.3) is 0 Å². The lowest BCUT2D eigenvalue weighted by molar-refractivity contribution is -0.142. The van der Waals surface area contributed by atoms with E-state index in [0.717, 1.165) is 12.8 Å². The van der Waals surface area contributed by atoms with Crippen LogP contribution in [-0.4, -0.2) is 18.0 Å². The molecule has 0 fully saturated rings. The number of carbonyl (C=O) groups excluding carboxylic acids is 1. The summed E-state index contributed by atoms with van der Waals surface area (Å²) in [6.07, 6.45) is 1.75. The number of benzene rings is 1. The smallest absolute Gasteiger partial charge is 0.323 e. The molecule has 0 heterocycles. The summed E-state index contributed by atoms with van der Waals surface area (Å²) in [6, 6.07) is 10.1. The van der Waals surface area contributed by atoms with E-state index < -0.39 is 5.38 Å². The van der Waals surface area contributed by atoms with Gasteiger partial charge in [0.05, 0.1) is 6.61 Å². The number of alkyl halides is 1. The number of esters is 1. The van der Waals surface area contributed by atoms with Crippen LogP contribution in [0.1, 0.15) is 18.9 Å². The van der Waals surface area contributed by atoms with E-state index >= 15 is 0 Å². The highest BCUT2D eigenvalue weighted by molar-refractivity contribution is 6.29. The molecule has 0 spiro atoms. The van der Waals surface area contributed by atoms with Gasteiger partial charge in [-0.15, -0.1) is 11.6 Å². The molecule has 1 rings (SSSR count). The van der Waals surface area contributed by atoms with E-state index in [0.29, 0.717) is 6.61 Å². The molecule has 82 valence electrons. The summed E-state index contributed by atoms with van der Waals surface area (Å²) in [7, 11) is 0. The maximum absolute atomic E-state index is 11.0. The van der Waals surface area contributed by atoms with Crippen molar-refractivity contribution in [2.24, 2.45) is 0 Å². The number of ether oxygens (including phenoxy) is 1. The molecule has 0 aliphatic carbocycles. The van der Waals surface area contributed by atoms with Gasteiger partial charge in [-0.25, -0.2) is 0 Å². The Morgan fingerprint density at radius 3 is 2.67 bits per heavy atom. The van der Waals surface area contributed by atoms with Gasteiger partial charge in [0.25, 0.3) is 0 Å². The Kier molecular flexibility index (Phi) is 5.19. The van der Waals surface area contributed by atoms with Gasteiger partial charge in [0.1, 0.15) is 5.38 Å². The van der Waals surface area contributed by atoms with E-state index in [-0.39, 0.29) is 5.97 Å². The van der Waals surface area contributed by atoms with Crippen LogP contribution in [0.5, 0.6) is 0 Å². The van der Waals surface area contributed by atoms with Crippen LogP contribution >= 0.6 is 11.6 Å². The van der Waals surface area contributed by atoms with E-state index in [1.807, 2.05) is 18.2 Å². The standard InChI is InChI=1S/C12H15ClO2/c1-10(13)12(14)15-9-5-8-11-6-3-2-4-7-11/h2-4,6-7,10H,5,8-9H2,1H3/t10-/m1/s1. The molecule has 0 bridgehead atoms. The lowest BCUT2D eigenvalue weighted by Gasteiger charge is -2.05. The number of aryl methyl sites for hydroxylation is 1. The molecular weight excluding hydrogens is 212 g/mol. The molecule has 15 heavy (non-hydrogen) atoms. The molecule has 0 N–H and O–H groups in total. The van der Waals surface area contributed by atoms with Crippen molar-refractivity contribution in [3.63, 3.8) is 0 Å². The quantitative estimate of drug-likeness (QED) is 0.439. The second kappa shape index (κ2) is 6.46. The van der Waals surface area contributed by atoms with Crippen molar-refractivity contribution in [3.05, 3.63) is 35.9 Å². The van der Waals surface area contributed by atoms with Crippen LogP contribution in [0.15, 0.2) is 30.3 Å². The van der Waals surface area contributed by atoms with Gasteiger partial charge in [-0.3, -0.25) is 4.79 Å². The summed E-state index contributed by atoms with van der Waals surface area (Å²) in [4.78, 5) is 11.0. The molecule has 1 aromatic carbocycles. The van der Waals surface area contributed by atoms with Gasteiger partial charge in [-0.1, -0.05) is 30.3 Å². The number of rotatable bonds is 5.